The van der Waals surface area contributed by atoms with Gasteiger partial charge in [0.2, 0.25) is 5.91 Å². The summed E-state index contributed by atoms with van der Waals surface area (Å²) in [5.74, 6) is 2.42. The number of amides is 1. The lowest BCUT2D eigenvalue weighted by Crippen LogP contribution is -2.59. The van der Waals surface area contributed by atoms with Crippen LogP contribution in [0.15, 0.2) is 0 Å². The SMILES string of the molecule is CC(=O)NCCCCCC[C@](C)(O)[C@H]1CC[C@H]2[C@@H]3C[C@H](O)[C@H]4C[C@@H](O)CC[C@]4(C)[C@H]3CC[C@@]21C. The van der Waals surface area contributed by atoms with E-state index < -0.39 is 5.60 Å². The summed E-state index contributed by atoms with van der Waals surface area (Å²) in [5, 5.41) is 36.0. The van der Waals surface area contributed by atoms with Crippen molar-refractivity contribution in [1.82, 2.24) is 5.32 Å². The summed E-state index contributed by atoms with van der Waals surface area (Å²) in [5.41, 5.74) is -0.323. The molecule has 1 amide bonds. The molecule has 0 aromatic heterocycles. The molecular formula is C29H51NO4. The lowest BCUT2D eigenvalue weighted by Gasteiger charge is -2.62. The molecule has 0 spiro atoms. The number of nitrogens with one attached hydrogen (secondary N) is 1. The predicted molar refractivity (Wildman–Crippen MR) is 135 cm³/mol. The van der Waals surface area contributed by atoms with Gasteiger partial charge < -0.3 is 20.6 Å². The van der Waals surface area contributed by atoms with Gasteiger partial charge in [-0.25, -0.2) is 0 Å². The van der Waals surface area contributed by atoms with E-state index in [0.29, 0.717) is 23.7 Å². The van der Waals surface area contributed by atoms with Gasteiger partial charge in [-0.05, 0) is 112 Å². The maximum absolute atomic E-state index is 11.7. The van der Waals surface area contributed by atoms with Gasteiger partial charge in [0.25, 0.3) is 0 Å². The quantitative estimate of drug-likeness (QED) is 0.378. The van der Waals surface area contributed by atoms with Gasteiger partial charge in [-0.1, -0.05) is 33.1 Å². The molecule has 0 aliphatic heterocycles. The molecule has 4 N–H and O–H groups in total. The van der Waals surface area contributed by atoms with Crippen LogP contribution in [0.2, 0.25) is 0 Å². The predicted octanol–water partition coefficient (Wildman–Crippen LogP) is 4.81. The number of hydrogen-bond donors (Lipinski definition) is 4. The van der Waals surface area contributed by atoms with E-state index in [1.54, 1.807) is 6.92 Å². The number of carbonyl (C=O) groups is 1. The topological polar surface area (TPSA) is 89.8 Å². The summed E-state index contributed by atoms with van der Waals surface area (Å²) in [6.45, 7) is 9.28. The third-order valence-corrected chi connectivity index (χ3v) is 11.4. The Morgan fingerprint density at radius 1 is 0.912 bits per heavy atom. The highest BCUT2D eigenvalue weighted by atomic mass is 16.3. The summed E-state index contributed by atoms with van der Waals surface area (Å²) in [4.78, 5) is 11.0. The standard InChI is InChI=1S/C29H51NO4/c1-19(31)30-16-8-6-5-7-13-29(4,34)26-10-9-22-21-18-25(33)24-17-20(32)11-14-27(24,2)23(21)12-15-28(22,26)3/h20-26,32-34H,5-18H2,1-4H3,(H,30,31)/t20-,21-,22-,23-,24+,25-,26-,27+,28-,29-/m0/s1. The highest BCUT2D eigenvalue weighted by Crippen LogP contribution is 2.68. The molecule has 0 radical (unpaired) electrons. The first-order valence-electron chi connectivity index (χ1n) is 14.3. The monoisotopic (exact) mass is 477 g/mol. The second kappa shape index (κ2) is 10.0. The van der Waals surface area contributed by atoms with Crippen molar-refractivity contribution in [2.75, 3.05) is 6.54 Å². The molecule has 0 aromatic carbocycles. The number of hydrogen-bond acceptors (Lipinski definition) is 4. The van der Waals surface area contributed by atoms with Crippen molar-refractivity contribution in [3.05, 3.63) is 0 Å². The van der Waals surface area contributed by atoms with Crippen molar-refractivity contribution < 1.29 is 20.1 Å². The van der Waals surface area contributed by atoms with Crippen LogP contribution in [-0.2, 0) is 4.79 Å². The Labute approximate surface area is 207 Å². The molecular weight excluding hydrogens is 426 g/mol. The van der Waals surface area contributed by atoms with Crippen molar-refractivity contribution in [3.8, 4) is 0 Å². The average Bonchev–Trinajstić information content (AvgIpc) is 3.12. The fourth-order valence-electron chi connectivity index (χ4n) is 9.70. The van der Waals surface area contributed by atoms with Gasteiger partial charge in [-0.15, -0.1) is 0 Å². The Balaban J connectivity index is 1.38. The minimum absolute atomic E-state index is 0.0396. The Morgan fingerprint density at radius 3 is 2.32 bits per heavy atom. The molecule has 0 saturated heterocycles. The smallest absolute Gasteiger partial charge is 0.216 e. The number of aliphatic hydroxyl groups is 3. The molecule has 10 atom stereocenters. The second-order valence-electron chi connectivity index (χ2n) is 13.4. The number of rotatable bonds is 8. The molecule has 0 aromatic rings. The van der Waals surface area contributed by atoms with Crippen molar-refractivity contribution in [2.24, 2.45) is 40.4 Å². The van der Waals surface area contributed by atoms with Gasteiger partial charge in [0, 0.05) is 13.5 Å². The maximum atomic E-state index is 11.7. The Bertz CT molecular complexity index is 725. The number of aliphatic hydroxyl groups excluding tert-OH is 2. The molecule has 4 aliphatic carbocycles. The van der Waals surface area contributed by atoms with E-state index in [9.17, 15) is 20.1 Å². The fraction of sp³-hybridized carbons (Fsp3) is 0.966. The molecule has 196 valence electrons. The van der Waals surface area contributed by atoms with Gasteiger partial charge in [0.15, 0.2) is 0 Å². The van der Waals surface area contributed by atoms with Gasteiger partial charge in [0.05, 0.1) is 17.8 Å². The maximum Gasteiger partial charge on any atom is 0.216 e. The molecule has 4 aliphatic rings. The van der Waals surface area contributed by atoms with E-state index in [2.05, 4.69) is 26.1 Å². The molecule has 0 heterocycles. The number of fused-ring (bicyclic) bond motifs is 5. The molecule has 4 saturated carbocycles. The van der Waals surface area contributed by atoms with Crippen LogP contribution in [0, 0.1) is 40.4 Å². The van der Waals surface area contributed by atoms with Gasteiger partial charge in [-0.2, -0.15) is 0 Å². The van der Waals surface area contributed by atoms with Crippen molar-refractivity contribution in [2.45, 2.75) is 129 Å². The third-order valence-electron chi connectivity index (χ3n) is 11.4. The molecule has 5 heteroatoms. The van der Waals surface area contributed by atoms with Gasteiger partial charge in [0.1, 0.15) is 0 Å². The first kappa shape index (κ1) is 26.4. The van der Waals surface area contributed by atoms with Crippen LogP contribution in [0.4, 0.5) is 0 Å². The van der Waals surface area contributed by atoms with E-state index in [1.165, 1.54) is 19.3 Å². The molecule has 5 nitrogen and oxygen atoms in total. The van der Waals surface area contributed by atoms with E-state index in [1.807, 2.05) is 0 Å². The van der Waals surface area contributed by atoms with Gasteiger partial charge >= 0.3 is 0 Å². The Morgan fingerprint density at radius 2 is 1.59 bits per heavy atom. The summed E-state index contributed by atoms with van der Waals surface area (Å²) in [6, 6.07) is 0. The first-order chi connectivity index (χ1) is 16.0. The zero-order chi connectivity index (χ0) is 24.7. The van der Waals surface area contributed by atoms with E-state index >= 15 is 0 Å². The van der Waals surface area contributed by atoms with Crippen molar-refractivity contribution in [3.63, 3.8) is 0 Å². The van der Waals surface area contributed by atoms with Crippen LogP contribution in [0.25, 0.3) is 0 Å². The first-order valence-corrected chi connectivity index (χ1v) is 14.3. The summed E-state index contributed by atoms with van der Waals surface area (Å²) in [6.07, 6.45) is 12.8. The largest absolute Gasteiger partial charge is 0.393 e. The van der Waals surface area contributed by atoms with Crippen LogP contribution >= 0.6 is 0 Å². The zero-order valence-corrected chi connectivity index (χ0v) is 22.2. The summed E-state index contributed by atoms with van der Waals surface area (Å²) >= 11 is 0. The minimum atomic E-state index is -0.636. The Kier molecular flexibility index (Phi) is 7.78. The molecule has 34 heavy (non-hydrogen) atoms. The lowest BCUT2D eigenvalue weighted by atomic mass is 9.43. The van der Waals surface area contributed by atoms with Crippen LogP contribution in [-0.4, -0.2) is 45.6 Å². The van der Waals surface area contributed by atoms with E-state index in [-0.39, 0.29) is 34.9 Å². The number of carbonyl (C=O) groups excluding carboxylic acids is 1. The lowest BCUT2D eigenvalue weighted by molar-refractivity contribution is -0.179. The van der Waals surface area contributed by atoms with Crippen molar-refractivity contribution in [1.29, 1.82) is 0 Å². The van der Waals surface area contributed by atoms with E-state index in [4.69, 9.17) is 0 Å². The fourth-order valence-corrected chi connectivity index (χ4v) is 9.70. The highest BCUT2D eigenvalue weighted by molar-refractivity contribution is 5.72. The van der Waals surface area contributed by atoms with Crippen LogP contribution in [0.5, 0.6) is 0 Å². The second-order valence-corrected chi connectivity index (χ2v) is 13.4. The van der Waals surface area contributed by atoms with Gasteiger partial charge in [-0.3, -0.25) is 4.79 Å². The summed E-state index contributed by atoms with van der Waals surface area (Å²) in [7, 11) is 0. The molecule has 0 unspecified atom stereocenters. The summed E-state index contributed by atoms with van der Waals surface area (Å²) < 4.78 is 0. The molecule has 0 bridgehead atoms. The minimum Gasteiger partial charge on any atom is -0.393 e. The highest BCUT2D eigenvalue weighted by Gasteiger charge is 2.63. The Hall–Kier alpha value is -0.650. The number of unbranched alkanes of at least 4 members (excludes halogenated alkanes) is 3. The molecule has 4 fully saturated rings. The molecule has 4 rings (SSSR count). The average molecular weight is 478 g/mol. The van der Waals surface area contributed by atoms with Crippen LogP contribution < -0.4 is 5.32 Å². The van der Waals surface area contributed by atoms with Crippen molar-refractivity contribution >= 4 is 5.91 Å². The normalized spacial score (nSPS) is 45.6. The van der Waals surface area contributed by atoms with Crippen LogP contribution in [0.1, 0.15) is 111 Å². The third kappa shape index (κ3) is 4.83. The van der Waals surface area contributed by atoms with E-state index in [0.717, 1.165) is 70.8 Å². The van der Waals surface area contributed by atoms with Crippen LogP contribution in [0.3, 0.4) is 0 Å². The zero-order valence-electron chi connectivity index (χ0n) is 22.2.